The quantitative estimate of drug-likeness (QED) is 0.628. The molecule has 0 spiro atoms. The molecule has 0 amide bonds. The molecule has 0 saturated carbocycles. The van der Waals surface area contributed by atoms with Gasteiger partial charge in [-0.2, -0.15) is 0 Å². The Hall–Kier alpha value is -1.95. The molecule has 2 rings (SSSR count). The van der Waals surface area contributed by atoms with E-state index in [0.717, 1.165) is 10.0 Å². The van der Waals surface area contributed by atoms with Gasteiger partial charge in [0.2, 0.25) is 5.88 Å². The lowest BCUT2D eigenvalue weighted by molar-refractivity contribution is -0.385. The second-order valence-corrected chi connectivity index (χ2v) is 4.96. The van der Waals surface area contributed by atoms with Crippen molar-refractivity contribution in [2.45, 2.75) is 13.8 Å². The van der Waals surface area contributed by atoms with Crippen molar-refractivity contribution in [2.75, 3.05) is 0 Å². The fourth-order valence-corrected chi connectivity index (χ4v) is 2.12. The van der Waals surface area contributed by atoms with E-state index in [2.05, 4.69) is 20.9 Å². The average molecular weight is 323 g/mol. The van der Waals surface area contributed by atoms with E-state index in [4.69, 9.17) is 4.74 Å². The van der Waals surface area contributed by atoms with Crippen molar-refractivity contribution < 1.29 is 9.66 Å². The minimum atomic E-state index is -0.450. The Morgan fingerprint density at radius 1 is 1.32 bits per heavy atom. The summed E-state index contributed by atoms with van der Waals surface area (Å²) in [7, 11) is 0. The monoisotopic (exact) mass is 322 g/mol. The zero-order valence-corrected chi connectivity index (χ0v) is 12.0. The predicted octanol–water partition coefficient (Wildman–Crippen LogP) is 4.16. The fourth-order valence-electron chi connectivity index (χ4n) is 1.55. The lowest BCUT2D eigenvalue weighted by Crippen LogP contribution is -1.95. The number of ether oxygens (including phenoxy) is 1. The average Bonchev–Trinajstić information content (AvgIpc) is 2.34. The van der Waals surface area contributed by atoms with E-state index >= 15 is 0 Å². The molecule has 0 unspecified atom stereocenters. The third-order valence-electron chi connectivity index (χ3n) is 2.55. The zero-order valence-electron chi connectivity index (χ0n) is 10.4. The summed E-state index contributed by atoms with van der Waals surface area (Å²) in [5.41, 5.74) is 1.58. The summed E-state index contributed by atoms with van der Waals surface area (Å²) < 4.78 is 6.32. The van der Waals surface area contributed by atoms with Crippen molar-refractivity contribution in [2.24, 2.45) is 0 Å². The third-order valence-corrected chi connectivity index (χ3v) is 3.17. The summed E-state index contributed by atoms with van der Waals surface area (Å²) in [6.07, 6.45) is 1.43. The van der Waals surface area contributed by atoms with Gasteiger partial charge in [0.1, 0.15) is 5.75 Å². The maximum atomic E-state index is 10.9. The zero-order chi connectivity index (χ0) is 14.0. The highest BCUT2D eigenvalue weighted by Crippen LogP contribution is 2.31. The molecule has 0 aliphatic carbocycles. The molecule has 0 fully saturated rings. The lowest BCUT2D eigenvalue weighted by atomic mass is 10.2. The van der Waals surface area contributed by atoms with Gasteiger partial charge in [0.25, 0.3) is 5.69 Å². The Morgan fingerprint density at radius 2 is 2.05 bits per heavy atom. The maximum Gasteiger partial charge on any atom is 0.279 e. The number of pyridine rings is 1. The first-order valence-electron chi connectivity index (χ1n) is 5.52. The number of hydrogen-bond acceptors (Lipinski definition) is 4. The molecule has 0 saturated heterocycles. The molecule has 0 N–H and O–H groups in total. The fraction of sp³-hybridized carbons (Fsp3) is 0.154. The number of halogens is 1. The normalized spacial score (nSPS) is 10.3. The van der Waals surface area contributed by atoms with Gasteiger partial charge in [-0.25, -0.2) is 4.98 Å². The molecule has 0 atom stereocenters. The number of benzene rings is 1. The van der Waals surface area contributed by atoms with Crippen LogP contribution in [0.2, 0.25) is 0 Å². The van der Waals surface area contributed by atoms with Crippen LogP contribution in [0.4, 0.5) is 5.69 Å². The van der Waals surface area contributed by atoms with E-state index in [9.17, 15) is 10.1 Å². The van der Waals surface area contributed by atoms with Gasteiger partial charge in [0.05, 0.1) is 15.5 Å². The molecule has 1 aromatic carbocycles. The summed E-state index contributed by atoms with van der Waals surface area (Å²) in [4.78, 5) is 14.4. The Bertz CT molecular complexity index is 644. The van der Waals surface area contributed by atoms with Gasteiger partial charge in [-0.3, -0.25) is 10.1 Å². The SMILES string of the molecule is Cc1ccc(Oc2cc([N+](=O)[O-])c(C)cn2)c(Br)c1. The van der Waals surface area contributed by atoms with Crippen molar-refractivity contribution in [1.29, 1.82) is 0 Å². The van der Waals surface area contributed by atoms with Gasteiger partial charge in [0.15, 0.2) is 0 Å². The number of aromatic nitrogens is 1. The van der Waals surface area contributed by atoms with Gasteiger partial charge >= 0.3 is 0 Å². The largest absolute Gasteiger partial charge is 0.438 e. The van der Waals surface area contributed by atoms with Gasteiger partial charge in [-0.1, -0.05) is 6.07 Å². The topological polar surface area (TPSA) is 65.3 Å². The molecule has 98 valence electrons. The van der Waals surface area contributed by atoms with Gasteiger partial charge in [-0.15, -0.1) is 0 Å². The van der Waals surface area contributed by atoms with E-state index < -0.39 is 4.92 Å². The van der Waals surface area contributed by atoms with E-state index in [1.54, 1.807) is 13.0 Å². The number of aryl methyl sites for hydroxylation is 2. The molecule has 2 aromatic rings. The van der Waals surface area contributed by atoms with E-state index in [0.29, 0.717) is 11.3 Å². The number of rotatable bonds is 3. The van der Waals surface area contributed by atoms with Crippen LogP contribution in [-0.2, 0) is 0 Å². The van der Waals surface area contributed by atoms with Crippen molar-refractivity contribution in [1.82, 2.24) is 4.98 Å². The molecule has 19 heavy (non-hydrogen) atoms. The van der Waals surface area contributed by atoms with Crippen LogP contribution in [0.5, 0.6) is 11.6 Å². The van der Waals surface area contributed by atoms with Crippen molar-refractivity contribution in [3.05, 3.63) is 56.2 Å². The van der Waals surface area contributed by atoms with Crippen molar-refractivity contribution in [3.63, 3.8) is 0 Å². The summed E-state index contributed by atoms with van der Waals surface area (Å²) >= 11 is 3.38. The van der Waals surface area contributed by atoms with Crippen molar-refractivity contribution >= 4 is 21.6 Å². The van der Waals surface area contributed by atoms with Gasteiger partial charge in [-0.05, 0) is 47.5 Å². The van der Waals surface area contributed by atoms with E-state index in [-0.39, 0.29) is 11.6 Å². The van der Waals surface area contributed by atoms with E-state index in [1.807, 2.05) is 19.1 Å². The highest BCUT2D eigenvalue weighted by Gasteiger charge is 2.14. The summed E-state index contributed by atoms with van der Waals surface area (Å²) in [5.74, 6) is 0.762. The van der Waals surface area contributed by atoms with Gasteiger partial charge < -0.3 is 4.74 Å². The van der Waals surface area contributed by atoms with E-state index in [1.165, 1.54) is 12.3 Å². The van der Waals surface area contributed by atoms with Crippen LogP contribution in [0.25, 0.3) is 0 Å². The van der Waals surface area contributed by atoms with Crippen LogP contribution < -0.4 is 4.74 Å². The molecule has 5 nitrogen and oxygen atoms in total. The Labute approximate surface area is 118 Å². The van der Waals surface area contributed by atoms with Crippen LogP contribution >= 0.6 is 15.9 Å². The summed E-state index contributed by atoms with van der Waals surface area (Å²) in [5, 5.41) is 10.9. The molecular weight excluding hydrogens is 312 g/mol. The van der Waals surface area contributed by atoms with Crippen LogP contribution in [0, 0.1) is 24.0 Å². The molecule has 0 bridgehead atoms. The molecule has 0 aliphatic rings. The Balaban J connectivity index is 2.33. The molecule has 1 aromatic heterocycles. The molecule has 0 aliphatic heterocycles. The minimum Gasteiger partial charge on any atom is -0.438 e. The number of nitro groups is 1. The van der Waals surface area contributed by atoms with Gasteiger partial charge in [0, 0.05) is 11.8 Å². The molecule has 6 heteroatoms. The number of nitrogens with zero attached hydrogens (tertiary/aromatic N) is 2. The standard InChI is InChI=1S/C13H11BrN2O3/c1-8-3-4-12(10(14)5-8)19-13-6-11(16(17)18)9(2)7-15-13/h3-7H,1-2H3. The number of hydrogen-bond donors (Lipinski definition) is 0. The van der Waals surface area contributed by atoms with Crippen LogP contribution in [0.1, 0.15) is 11.1 Å². The smallest absolute Gasteiger partial charge is 0.279 e. The Kier molecular flexibility index (Phi) is 3.80. The highest BCUT2D eigenvalue weighted by atomic mass is 79.9. The maximum absolute atomic E-state index is 10.9. The molecule has 0 radical (unpaired) electrons. The first-order valence-corrected chi connectivity index (χ1v) is 6.31. The Morgan fingerprint density at radius 3 is 2.68 bits per heavy atom. The summed E-state index contributed by atoms with van der Waals surface area (Å²) in [6, 6.07) is 6.90. The van der Waals surface area contributed by atoms with Crippen LogP contribution in [-0.4, -0.2) is 9.91 Å². The molecule has 1 heterocycles. The first kappa shape index (κ1) is 13.5. The lowest BCUT2D eigenvalue weighted by Gasteiger charge is -2.07. The summed E-state index contributed by atoms with van der Waals surface area (Å²) in [6.45, 7) is 3.60. The molecular formula is C13H11BrN2O3. The predicted molar refractivity (Wildman–Crippen MR) is 74.6 cm³/mol. The van der Waals surface area contributed by atoms with Crippen LogP contribution in [0.3, 0.4) is 0 Å². The van der Waals surface area contributed by atoms with Crippen LogP contribution in [0.15, 0.2) is 34.9 Å². The van der Waals surface area contributed by atoms with Crippen molar-refractivity contribution in [3.8, 4) is 11.6 Å². The third kappa shape index (κ3) is 3.08. The first-order chi connectivity index (χ1) is 8.97. The minimum absolute atomic E-state index is 0.00626. The highest BCUT2D eigenvalue weighted by molar-refractivity contribution is 9.10. The second kappa shape index (κ2) is 5.36. The second-order valence-electron chi connectivity index (χ2n) is 4.10.